The Morgan fingerprint density at radius 1 is 0.897 bits per heavy atom. The summed E-state index contributed by atoms with van der Waals surface area (Å²) >= 11 is 0. The molecule has 4 heteroatoms. The predicted octanol–water partition coefficient (Wildman–Crippen LogP) is 5.75. The van der Waals surface area contributed by atoms with Crippen LogP contribution < -0.4 is 9.47 Å². The van der Waals surface area contributed by atoms with Gasteiger partial charge < -0.3 is 14.5 Å². The number of benzene rings is 3. The molecule has 0 saturated carbocycles. The second-order valence-electron chi connectivity index (χ2n) is 6.58. The van der Waals surface area contributed by atoms with Crippen LogP contribution in [0.15, 0.2) is 79.0 Å². The minimum Gasteiger partial charge on any atom is -0.496 e. The molecule has 4 nitrogen and oxygen atoms in total. The Morgan fingerprint density at radius 3 is 2.21 bits per heavy atom. The van der Waals surface area contributed by atoms with E-state index in [2.05, 4.69) is 4.98 Å². The molecule has 1 N–H and O–H groups in total. The fourth-order valence-corrected chi connectivity index (χ4v) is 3.49. The van der Waals surface area contributed by atoms with Crippen molar-refractivity contribution < 1.29 is 14.3 Å². The molecule has 0 fully saturated rings. The normalized spacial score (nSPS) is 11.1. The van der Waals surface area contributed by atoms with Crippen LogP contribution in [-0.2, 0) is 0 Å². The van der Waals surface area contributed by atoms with Gasteiger partial charge in [-0.15, -0.1) is 0 Å². The Hall–Kier alpha value is -3.79. The Kier molecular flexibility index (Phi) is 5.16. The van der Waals surface area contributed by atoms with Crippen molar-refractivity contribution >= 4 is 22.8 Å². The number of methoxy groups -OCH3 is 2. The van der Waals surface area contributed by atoms with Gasteiger partial charge in [-0.2, -0.15) is 0 Å². The summed E-state index contributed by atoms with van der Waals surface area (Å²) in [6.45, 7) is 0. The lowest BCUT2D eigenvalue weighted by atomic mass is 9.99. The van der Waals surface area contributed by atoms with Gasteiger partial charge in [-0.25, -0.2) is 0 Å². The molecule has 4 rings (SSSR count). The number of H-pyrrole nitrogens is 1. The number of rotatable bonds is 6. The van der Waals surface area contributed by atoms with Crippen LogP contribution in [0.3, 0.4) is 0 Å². The van der Waals surface area contributed by atoms with Gasteiger partial charge in [-0.1, -0.05) is 66.7 Å². The first-order chi connectivity index (χ1) is 14.2. The zero-order valence-corrected chi connectivity index (χ0v) is 16.3. The van der Waals surface area contributed by atoms with Crippen molar-refractivity contribution in [3.8, 4) is 22.6 Å². The first-order valence-electron chi connectivity index (χ1n) is 9.32. The molecule has 0 amide bonds. The molecule has 3 aromatic carbocycles. The lowest BCUT2D eigenvalue weighted by Crippen LogP contribution is -2.02. The molecule has 29 heavy (non-hydrogen) atoms. The van der Waals surface area contributed by atoms with E-state index in [4.69, 9.17) is 9.47 Å². The monoisotopic (exact) mass is 383 g/mol. The molecule has 0 bridgehead atoms. The number of nitrogens with one attached hydrogen (secondary N) is 1. The number of aromatic amines is 1. The fraction of sp³-hybridized carbons (Fsp3) is 0.0800. The lowest BCUT2D eigenvalue weighted by molar-refractivity contribution is 0.104. The largest absolute Gasteiger partial charge is 0.496 e. The molecule has 4 aromatic rings. The van der Waals surface area contributed by atoms with E-state index in [0.29, 0.717) is 22.6 Å². The summed E-state index contributed by atoms with van der Waals surface area (Å²) < 4.78 is 11.2. The van der Waals surface area contributed by atoms with Crippen LogP contribution >= 0.6 is 0 Å². The van der Waals surface area contributed by atoms with Gasteiger partial charge in [-0.3, -0.25) is 4.79 Å². The molecule has 0 aliphatic heterocycles. The average molecular weight is 383 g/mol. The van der Waals surface area contributed by atoms with E-state index in [1.165, 1.54) is 0 Å². The van der Waals surface area contributed by atoms with E-state index in [9.17, 15) is 4.79 Å². The second kappa shape index (κ2) is 8.07. The van der Waals surface area contributed by atoms with Crippen molar-refractivity contribution in [2.45, 2.75) is 0 Å². The Balaban J connectivity index is 1.88. The van der Waals surface area contributed by atoms with Gasteiger partial charge in [0.1, 0.15) is 11.5 Å². The minimum atomic E-state index is -0.139. The summed E-state index contributed by atoms with van der Waals surface area (Å²) in [5.41, 5.74) is 4.16. The van der Waals surface area contributed by atoms with Crippen LogP contribution in [0.2, 0.25) is 0 Å². The van der Waals surface area contributed by atoms with Gasteiger partial charge in [0, 0.05) is 17.8 Å². The predicted molar refractivity (Wildman–Crippen MR) is 117 cm³/mol. The fourth-order valence-electron chi connectivity index (χ4n) is 3.49. The van der Waals surface area contributed by atoms with Gasteiger partial charge >= 0.3 is 0 Å². The molecule has 0 spiro atoms. The SMILES string of the molecule is COc1cc(OC)c2c(-c3ccccc3)c[nH]c2c1C(=O)/C=C/c1ccccc1. The molecule has 0 aliphatic rings. The first kappa shape index (κ1) is 18.6. The van der Waals surface area contributed by atoms with Crippen molar-refractivity contribution in [2.24, 2.45) is 0 Å². The zero-order valence-electron chi connectivity index (χ0n) is 16.3. The number of hydrogen-bond donors (Lipinski definition) is 1. The van der Waals surface area contributed by atoms with Crippen molar-refractivity contribution in [1.29, 1.82) is 0 Å². The molecular weight excluding hydrogens is 362 g/mol. The number of fused-ring (bicyclic) bond motifs is 1. The number of aromatic nitrogens is 1. The number of ketones is 1. The molecule has 1 heterocycles. The highest BCUT2D eigenvalue weighted by Gasteiger charge is 2.22. The number of allylic oxidation sites excluding steroid dienone is 1. The third-order valence-electron chi connectivity index (χ3n) is 4.88. The van der Waals surface area contributed by atoms with E-state index in [1.807, 2.05) is 66.9 Å². The first-order valence-corrected chi connectivity index (χ1v) is 9.32. The second-order valence-corrected chi connectivity index (χ2v) is 6.58. The van der Waals surface area contributed by atoms with Crippen LogP contribution in [0.25, 0.3) is 28.1 Å². The number of hydrogen-bond acceptors (Lipinski definition) is 3. The topological polar surface area (TPSA) is 51.3 Å². The summed E-state index contributed by atoms with van der Waals surface area (Å²) in [6, 6.07) is 21.5. The summed E-state index contributed by atoms with van der Waals surface area (Å²) in [5.74, 6) is 0.985. The maximum atomic E-state index is 13.1. The van der Waals surface area contributed by atoms with Crippen LogP contribution in [0.1, 0.15) is 15.9 Å². The van der Waals surface area contributed by atoms with Crippen LogP contribution in [0, 0.1) is 0 Å². The summed E-state index contributed by atoms with van der Waals surface area (Å²) in [4.78, 5) is 16.4. The Bertz CT molecular complexity index is 1180. The number of carbonyl (C=O) groups excluding carboxylic acids is 1. The highest BCUT2D eigenvalue weighted by Crippen LogP contribution is 2.41. The highest BCUT2D eigenvalue weighted by atomic mass is 16.5. The van der Waals surface area contributed by atoms with E-state index in [-0.39, 0.29) is 5.78 Å². The van der Waals surface area contributed by atoms with E-state index < -0.39 is 0 Å². The van der Waals surface area contributed by atoms with Crippen molar-refractivity contribution in [1.82, 2.24) is 4.98 Å². The Morgan fingerprint density at radius 2 is 1.55 bits per heavy atom. The summed E-state index contributed by atoms with van der Waals surface area (Å²) in [7, 11) is 3.17. The molecule has 0 unspecified atom stereocenters. The minimum absolute atomic E-state index is 0.139. The maximum Gasteiger partial charge on any atom is 0.191 e. The highest BCUT2D eigenvalue weighted by molar-refractivity contribution is 6.19. The van der Waals surface area contributed by atoms with E-state index in [0.717, 1.165) is 22.1 Å². The van der Waals surface area contributed by atoms with Gasteiger partial charge in [0.15, 0.2) is 5.78 Å². The number of ether oxygens (including phenoxy) is 2. The molecule has 0 saturated heterocycles. The molecular formula is C25H21NO3. The zero-order chi connectivity index (χ0) is 20.2. The van der Waals surface area contributed by atoms with Gasteiger partial charge in [-0.05, 0) is 17.2 Å². The van der Waals surface area contributed by atoms with Crippen LogP contribution in [0.5, 0.6) is 11.5 Å². The van der Waals surface area contributed by atoms with Gasteiger partial charge in [0.2, 0.25) is 0 Å². The van der Waals surface area contributed by atoms with Gasteiger partial charge in [0.05, 0.1) is 30.7 Å². The third-order valence-corrected chi connectivity index (χ3v) is 4.88. The quantitative estimate of drug-likeness (QED) is 0.341. The van der Waals surface area contributed by atoms with Crippen LogP contribution in [0.4, 0.5) is 0 Å². The van der Waals surface area contributed by atoms with Gasteiger partial charge in [0.25, 0.3) is 0 Å². The van der Waals surface area contributed by atoms with Crippen LogP contribution in [-0.4, -0.2) is 25.0 Å². The summed E-state index contributed by atoms with van der Waals surface area (Å²) in [6.07, 6.45) is 5.28. The standard InChI is InChI=1S/C25H21NO3/c1-28-21-15-22(29-2)24(20(27)14-13-17-9-5-3-6-10-17)25-23(21)19(16-26-25)18-11-7-4-8-12-18/h3-16,26H,1-2H3/b14-13+. The molecule has 144 valence electrons. The summed E-state index contributed by atoms with van der Waals surface area (Å²) in [5, 5.41) is 0.857. The molecule has 0 atom stereocenters. The third kappa shape index (κ3) is 3.52. The van der Waals surface area contributed by atoms with Crippen molar-refractivity contribution in [3.05, 3.63) is 90.1 Å². The van der Waals surface area contributed by atoms with E-state index in [1.54, 1.807) is 32.4 Å². The lowest BCUT2D eigenvalue weighted by Gasteiger charge is -2.12. The van der Waals surface area contributed by atoms with Crippen molar-refractivity contribution in [2.75, 3.05) is 14.2 Å². The Labute approximate surface area is 169 Å². The van der Waals surface area contributed by atoms with E-state index >= 15 is 0 Å². The molecule has 0 aliphatic carbocycles. The molecule has 0 radical (unpaired) electrons. The van der Waals surface area contributed by atoms with Crippen molar-refractivity contribution in [3.63, 3.8) is 0 Å². The molecule has 1 aromatic heterocycles. The average Bonchev–Trinajstić information content (AvgIpc) is 3.22. The maximum absolute atomic E-state index is 13.1. The number of carbonyl (C=O) groups is 1. The smallest absolute Gasteiger partial charge is 0.191 e.